The van der Waals surface area contributed by atoms with Crippen LogP contribution in [0.15, 0.2) is 0 Å². The average Bonchev–Trinajstić information content (AvgIpc) is 2.19. The Hall–Kier alpha value is -0.380. The summed E-state index contributed by atoms with van der Waals surface area (Å²) < 4.78 is 22.0. The van der Waals surface area contributed by atoms with Crippen molar-refractivity contribution in [2.75, 3.05) is 12.0 Å². The molecule has 0 radical (unpaired) electrons. The number of hydrogen-bond acceptors (Lipinski definition) is 3. The molecule has 1 fully saturated rings. The summed E-state index contributed by atoms with van der Waals surface area (Å²) in [7, 11) is -2.87. The predicted molar refractivity (Wildman–Crippen MR) is 65.1 cm³/mol. The van der Waals surface area contributed by atoms with Gasteiger partial charge < -0.3 is 0 Å². The van der Waals surface area contributed by atoms with Crippen molar-refractivity contribution in [2.24, 2.45) is 11.8 Å². The zero-order valence-electron chi connectivity index (χ0n) is 10.2. The van der Waals surface area contributed by atoms with Crippen molar-refractivity contribution in [1.29, 1.82) is 0 Å². The van der Waals surface area contributed by atoms with E-state index in [9.17, 15) is 13.2 Å². The molecule has 0 aliphatic heterocycles. The Kier molecular flexibility index (Phi) is 4.96. The van der Waals surface area contributed by atoms with Gasteiger partial charge in [0.25, 0.3) is 0 Å². The molecule has 1 saturated carbocycles. The van der Waals surface area contributed by atoms with Gasteiger partial charge >= 0.3 is 0 Å². The molecule has 0 heterocycles. The van der Waals surface area contributed by atoms with Gasteiger partial charge in [-0.1, -0.05) is 13.3 Å². The van der Waals surface area contributed by atoms with E-state index in [1.54, 1.807) is 0 Å². The molecule has 0 spiro atoms. The molecule has 1 rings (SSSR count). The van der Waals surface area contributed by atoms with Crippen LogP contribution in [0.4, 0.5) is 0 Å². The summed E-state index contributed by atoms with van der Waals surface area (Å²) in [6.45, 7) is 2.16. The third-order valence-corrected chi connectivity index (χ3v) is 4.55. The van der Waals surface area contributed by atoms with E-state index in [2.05, 4.69) is 6.92 Å². The van der Waals surface area contributed by atoms with Gasteiger partial charge in [0.2, 0.25) is 0 Å². The number of rotatable bonds is 5. The number of carbonyl (C=O) groups excluding carboxylic acids is 1. The Bertz CT molecular complexity index is 332. The van der Waals surface area contributed by atoms with Gasteiger partial charge in [0.1, 0.15) is 15.6 Å². The van der Waals surface area contributed by atoms with Gasteiger partial charge in [0, 0.05) is 24.3 Å². The normalized spacial score (nSPS) is 27.0. The summed E-state index contributed by atoms with van der Waals surface area (Å²) in [5.41, 5.74) is 0. The Morgan fingerprint density at radius 3 is 2.62 bits per heavy atom. The predicted octanol–water partition coefficient (Wildman–Crippen LogP) is 2.21. The molecule has 0 bridgehead atoms. The van der Waals surface area contributed by atoms with E-state index in [1.165, 1.54) is 6.26 Å². The van der Waals surface area contributed by atoms with E-state index in [1.807, 2.05) is 0 Å². The largest absolute Gasteiger partial charge is 0.299 e. The van der Waals surface area contributed by atoms with Gasteiger partial charge in [0.15, 0.2) is 0 Å². The molecule has 2 unspecified atom stereocenters. The molecule has 16 heavy (non-hydrogen) atoms. The maximum absolute atomic E-state index is 11.7. The maximum atomic E-state index is 11.7. The van der Waals surface area contributed by atoms with Crippen LogP contribution in [-0.4, -0.2) is 26.2 Å². The Morgan fingerprint density at radius 2 is 2.06 bits per heavy atom. The fourth-order valence-electron chi connectivity index (χ4n) is 2.44. The van der Waals surface area contributed by atoms with Gasteiger partial charge in [0.05, 0.1) is 0 Å². The quantitative estimate of drug-likeness (QED) is 0.747. The van der Waals surface area contributed by atoms with Crippen LogP contribution >= 0.6 is 0 Å². The zero-order chi connectivity index (χ0) is 12.2. The van der Waals surface area contributed by atoms with Crippen LogP contribution in [0.3, 0.4) is 0 Å². The van der Waals surface area contributed by atoms with E-state index in [0.717, 1.165) is 25.7 Å². The van der Waals surface area contributed by atoms with Crippen LogP contribution in [-0.2, 0) is 14.6 Å². The minimum Gasteiger partial charge on any atom is -0.299 e. The molecule has 2 atom stereocenters. The van der Waals surface area contributed by atoms with E-state index in [4.69, 9.17) is 0 Å². The van der Waals surface area contributed by atoms with Crippen LogP contribution in [0, 0.1) is 11.8 Å². The SMILES string of the molecule is CCC1CCC(=O)C(CCCS(C)(=O)=O)C1. The monoisotopic (exact) mass is 246 g/mol. The van der Waals surface area contributed by atoms with Crippen molar-refractivity contribution in [3.8, 4) is 0 Å². The molecule has 0 N–H and O–H groups in total. The lowest BCUT2D eigenvalue weighted by Crippen LogP contribution is -2.25. The van der Waals surface area contributed by atoms with Gasteiger partial charge in [-0.2, -0.15) is 0 Å². The zero-order valence-corrected chi connectivity index (χ0v) is 11.1. The number of ketones is 1. The van der Waals surface area contributed by atoms with Gasteiger partial charge in [-0.05, 0) is 31.6 Å². The van der Waals surface area contributed by atoms with Gasteiger partial charge in [-0.3, -0.25) is 4.79 Å². The van der Waals surface area contributed by atoms with Crippen LogP contribution in [0.25, 0.3) is 0 Å². The van der Waals surface area contributed by atoms with Crippen LogP contribution in [0.2, 0.25) is 0 Å². The fraction of sp³-hybridized carbons (Fsp3) is 0.917. The lowest BCUT2D eigenvalue weighted by molar-refractivity contribution is -0.125. The van der Waals surface area contributed by atoms with Crippen molar-refractivity contribution < 1.29 is 13.2 Å². The highest BCUT2D eigenvalue weighted by atomic mass is 32.2. The molecule has 4 heteroatoms. The molecule has 1 aliphatic carbocycles. The minimum atomic E-state index is -2.87. The van der Waals surface area contributed by atoms with Gasteiger partial charge in [-0.15, -0.1) is 0 Å². The van der Waals surface area contributed by atoms with Crippen molar-refractivity contribution >= 4 is 15.6 Å². The maximum Gasteiger partial charge on any atom is 0.147 e. The third-order valence-electron chi connectivity index (χ3n) is 3.52. The third kappa shape index (κ3) is 4.64. The molecule has 1 aliphatic rings. The standard InChI is InChI=1S/C12H22O3S/c1-3-10-6-7-12(13)11(9-10)5-4-8-16(2,14)15/h10-11H,3-9H2,1-2H3. The van der Waals surface area contributed by atoms with Gasteiger partial charge in [-0.25, -0.2) is 8.42 Å². The first kappa shape index (κ1) is 13.7. The van der Waals surface area contributed by atoms with E-state index < -0.39 is 9.84 Å². The second kappa shape index (κ2) is 5.80. The summed E-state index contributed by atoms with van der Waals surface area (Å²) in [5, 5.41) is 0. The first-order valence-corrected chi connectivity index (χ1v) is 8.19. The Labute approximate surface area is 98.5 Å². The highest BCUT2D eigenvalue weighted by Crippen LogP contribution is 2.31. The van der Waals surface area contributed by atoms with Crippen molar-refractivity contribution in [2.45, 2.75) is 45.4 Å². The molecule has 0 aromatic heterocycles. The average molecular weight is 246 g/mol. The molecule has 0 aromatic carbocycles. The molecular weight excluding hydrogens is 224 g/mol. The van der Waals surface area contributed by atoms with Crippen LogP contribution in [0.5, 0.6) is 0 Å². The van der Waals surface area contributed by atoms with Crippen molar-refractivity contribution in [3.63, 3.8) is 0 Å². The Morgan fingerprint density at radius 1 is 1.38 bits per heavy atom. The smallest absolute Gasteiger partial charge is 0.147 e. The molecule has 3 nitrogen and oxygen atoms in total. The molecule has 0 amide bonds. The van der Waals surface area contributed by atoms with Crippen LogP contribution in [0.1, 0.15) is 45.4 Å². The highest BCUT2D eigenvalue weighted by Gasteiger charge is 2.27. The van der Waals surface area contributed by atoms with E-state index in [-0.39, 0.29) is 11.7 Å². The molecule has 0 aromatic rings. The Balaban J connectivity index is 2.37. The lowest BCUT2D eigenvalue weighted by atomic mass is 9.77. The lowest BCUT2D eigenvalue weighted by Gasteiger charge is -2.27. The van der Waals surface area contributed by atoms with Crippen molar-refractivity contribution in [1.82, 2.24) is 0 Å². The molecular formula is C12H22O3S. The molecule has 0 saturated heterocycles. The summed E-state index contributed by atoms with van der Waals surface area (Å²) in [6, 6.07) is 0. The van der Waals surface area contributed by atoms with Crippen LogP contribution < -0.4 is 0 Å². The topological polar surface area (TPSA) is 51.2 Å². The summed E-state index contributed by atoms with van der Waals surface area (Å²) in [6.07, 6.45) is 6.47. The second-order valence-electron chi connectivity index (χ2n) is 4.98. The first-order valence-electron chi connectivity index (χ1n) is 6.12. The minimum absolute atomic E-state index is 0.125. The number of carbonyl (C=O) groups is 1. The fourth-order valence-corrected chi connectivity index (χ4v) is 3.13. The number of hydrogen-bond donors (Lipinski definition) is 0. The molecule has 94 valence electrons. The van der Waals surface area contributed by atoms with Crippen molar-refractivity contribution in [3.05, 3.63) is 0 Å². The first-order chi connectivity index (χ1) is 7.42. The number of Topliss-reactive ketones (excluding diaryl/α,β-unsaturated/α-hetero) is 1. The van der Waals surface area contributed by atoms with E-state index in [0.29, 0.717) is 24.5 Å². The second-order valence-corrected chi connectivity index (χ2v) is 7.24. The summed E-state index contributed by atoms with van der Waals surface area (Å²) >= 11 is 0. The summed E-state index contributed by atoms with van der Waals surface area (Å²) in [4.78, 5) is 11.7. The van der Waals surface area contributed by atoms with E-state index >= 15 is 0 Å². The number of sulfone groups is 1. The summed E-state index contributed by atoms with van der Waals surface area (Å²) in [5.74, 6) is 1.35. The highest BCUT2D eigenvalue weighted by molar-refractivity contribution is 7.90.